The Hall–Kier alpha value is -2.80. The summed E-state index contributed by atoms with van der Waals surface area (Å²) in [5.41, 5.74) is 1.02. The lowest BCUT2D eigenvalue weighted by molar-refractivity contribution is 0.261. The van der Waals surface area contributed by atoms with Gasteiger partial charge >= 0.3 is 0 Å². The van der Waals surface area contributed by atoms with Crippen molar-refractivity contribution in [2.24, 2.45) is 0 Å². The second-order valence-electron chi connectivity index (χ2n) is 7.93. The molecule has 0 bridgehead atoms. The fraction of sp³-hybridized carbons (Fsp3) is 0.500. The summed E-state index contributed by atoms with van der Waals surface area (Å²) in [6, 6.07) is 8.36. The van der Waals surface area contributed by atoms with E-state index in [0.717, 1.165) is 101 Å². The first kappa shape index (κ1) is 20.5. The monoisotopic (exact) mass is 402 g/mol. The Bertz CT molecular complexity index is 927. The molecule has 2 saturated heterocycles. The van der Waals surface area contributed by atoms with Crippen molar-refractivity contribution in [3.05, 3.63) is 24.3 Å². The predicted molar refractivity (Wildman–Crippen MR) is 124 cm³/mol. The maximum atomic E-state index is 5.43. The summed E-state index contributed by atoms with van der Waals surface area (Å²) in [6.45, 7) is 9.77. The second kappa shape index (κ2) is 9.80. The molecule has 0 atom stereocenters. The van der Waals surface area contributed by atoms with Gasteiger partial charge < -0.3 is 9.80 Å². The van der Waals surface area contributed by atoms with Gasteiger partial charge in [-0.15, -0.1) is 24.7 Å². The molecule has 0 spiro atoms. The van der Waals surface area contributed by atoms with Crippen molar-refractivity contribution in [3.63, 3.8) is 0 Å². The maximum absolute atomic E-state index is 5.43. The summed E-state index contributed by atoms with van der Waals surface area (Å²) in [5.74, 6) is 7.38. The lowest BCUT2D eigenvalue weighted by atomic mass is 10.2. The molecule has 0 unspecified atom stereocenters. The topological polar surface area (TPSA) is 38.7 Å². The molecule has 3 heterocycles. The number of terminal acetylenes is 2. The van der Waals surface area contributed by atoms with Crippen molar-refractivity contribution in [2.75, 3.05) is 75.2 Å². The molecule has 156 valence electrons. The minimum Gasteiger partial charge on any atom is -0.353 e. The molecular formula is C24H30N6. The smallest absolute Gasteiger partial charge is 0.227 e. The fourth-order valence-electron chi connectivity index (χ4n) is 4.23. The number of nitrogens with zero attached hydrogens (tertiary/aromatic N) is 6. The maximum Gasteiger partial charge on any atom is 0.227 e. The number of aromatic nitrogens is 2. The van der Waals surface area contributed by atoms with E-state index >= 15 is 0 Å². The SMILES string of the molecule is C#CCCN1CCN(c2nc(N3CCN(CCC#C)CC3)c3ccccc3n2)CC1. The van der Waals surface area contributed by atoms with Crippen molar-refractivity contribution in [2.45, 2.75) is 12.8 Å². The third-order valence-electron chi connectivity index (χ3n) is 6.04. The van der Waals surface area contributed by atoms with Gasteiger partial charge in [-0.3, -0.25) is 9.80 Å². The van der Waals surface area contributed by atoms with Crippen LogP contribution in [0.2, 0.25) is 0 Å². The number of piperazine rings is 2. The highest BCUT2D eigenvalue weighted by Gasteiger charge is 2.23. The molecule has 0 aliphatic carbocycles. The summed E-state index contributed by atoms with van der Waals surface area (Å²) in [5, 5.41) is 1.13. The zero-order chi connectivity index (χ0) is 20.8. The van der Waals surface area contributed by atoms with E-state index in [1.165, 1.54) is 0 Å². The lowest BCUT2D eigenvalue weighted by Gasteiger charge is -2.37. The summed E-state index contributed by atoms with van der Waals surface area (Å²) in [4.78, 5) is 19.5. The largest absolute Gasteiger partial charge is 0.353 e. The van der Waals surface area contributed by atoms with Crippen LogP contribution >= 0.6 is 0 Å². The molecule has 0 saturated carbocycles. The van der Waals surface area contributed by atoms with Gasteiger partial charge in [0.2, 0.25) is 5.95 Å². The first-order valence-corrected chi connectivity index (χ1v) is 10.9. The number of hydrogen-bond acceptors (Lipinski definition) is 6. The Kier molecular flexibility index (Phi) is 6.69. The molecule has 2 fully saturated rings. The van der Waals surface area contributed by atoms with E-state index in [9.17, 15) is 0 Å². The van der Waals surface area contributed by atoms with Crippen LogP contribution in [0.25, 0.3) is 10.9 Å². The van der Waals surface area contributed by atoms with Gasteiger partial charge in [-0.2, -0.15) is 4.98 Å². The van der Waals surface area contributed by atoms with Crippen LogP contribution in [0, 0.1) is 24.7 Å². The third kappa shape index (κ3) is 4.67. The molecule has 2 aliphatic rings. The number of fused-ring (bicyclic) bond motifs is 1. The number of hydrogen-bond donors (Lipinski definition) is 0. The molecule has 2 aromatic rings. The van der Waals surface area contributed by atoms with Crippen molar-refractivity contribution in [1.29, 1.82) is 0 Å². The number of benzene rings is 1. The van der Waals surface area contributed by atoms with Gasteiger partial charge in [0.25, 0.3) is 0 Å². The van der Waals surface area contributed by atoms with Crippen LogP contribution in [-0.2, 0) is 0 Å². The van der Waals surface area contributed by atoms with E-state index in [1.54, 1.807) is 0 Å². The van der Waals surface area contributed by atoms with Crippen LogP contribution in [0.1, 0.15) is 12.8 Å². The molecule has 1 aromatic heterocycles. The summed E-state index contributed by atoms with van der Waals surface area (Å²) in [7, 11) is 0. The van der Waals surface area contributed by atoms with Gasteiger partial charge in [-0.25, -0.2) is 4.98 Å². The Morgan fingerprint density at radius 2 is 1.30 bits per heavy atom. The molecule has 6 heteroatoms. The van der Waals surface area contributed by atoms with Gasteiger partial charge in [0.05, 0.1) is 5.52 Å². The molecule has 30 heavy (non-hydrogen) atoms. The summed E-state index contributed by atoms with van der Waals surface area (Å²) in [6.07, 6.45) is 12.5. The van der Waals surface area contributed by atoms with E-state index in [2.05, 4.69) is 55.7 Å². The molecule has 6 nitrogen and oxygen atoms in total. The highest BCUT2D eigenvalue weighted by molar-refractivity contribution is 5.90. The normalized spacial score (nSPS) is 18.3. The first-order chi connectivity index (χ1) is 14.8. The number of para-hydroxylation sites is 1. The van der Waals surface area contributed by atoms with Gasteiger partial charge in [0.1, 0.15) is 5.82 Å². The van der Waals surface area contributed by atoms with Gasteiger partial charge in [0.15, 0.2) is 0 Å². The van der Waals surface area contributed by atoms with Crippen LogP contribution in [0.3, 0.4) is 0 Å². The molecule has 0 radical (unpaired) electrons. The first-order valence-electron chi connectivity index (χ1n) is 10.9. The standard InChI is InChI=1S/C24H30N6/c1-3-5-11-27-13-17-29(18-14-27)23-21-9-7-8-10-22(21)25-24(26-23)30-19-15-28(16-20-30)12-6-4-2/h1-2,7-10H,5-6,11-20H2. The van der Waals surface area contributed by atoms with E-state index in [1.807, 2.05) is 0 Å². The minimum absolute atomic E-state index is 0.809. The Labute approximate surface area is 179 Å². The predicted octanol–water partition coefficient (Wildman–Crippen LogP) is 1.92. The summed E-state index contributed by atoms with van der Waals surface area (Å²) < 4.78 is 0. The zero-order valence-corrected chi connectivity index (χ0v) is 17.6. The molecule has 0 amide bonds. The molecular weight excluding hydrogens is 372 g/mol. The van der Waals surface area contributed by atoms with E-state index in [-0.39, 0.29) is 0 Å². The Morgan fingerprint density at radius 3 is 1.90 bits per heavy atom. The molecule has 0 N–H and O–H groups in total. The third-order valence-corrected chi connectivity index (χ3v) is 6.04. The average molecular weight is 403 g/mol. The zero-order valence-electron chi connectivity index (χ0n) is 17.6. The quantitative estimate of drug-likeness (QED) is 0.688. The average Bonchev–Trinajstić information content (AvgIpc) is 2.81. The lowest BCUT2D eigenvalue weighted by Crippen LogP contribution is -2.48. The molecule has 1 aromatic carbocycles. The highest BCUT2D eigenvalue weighted by Crippen LogP contribution is 2.28. The Morgan fingerprint density at radius 1 is 0.733 bits per heavy atom. The number of rotatable bonds is 6. The van der Waals surface area contributed by atoms with Crippen LogP contribution in [0.15, 0.2) is 24.3 Å². The van der Waals surface area contributed by atoms with Crippen molar-refractivity contribution >= 4 is 22.7 Å². The van der Waals surface area contributed by atoms with Gasteiger partial charge in [0, 0.05) is 83.7 Å². The van der Waals surface area contributed by atoms with E-state index in [0.29, 0.717) is 0 Å². The van der Waals surface area contributed by atoms with Crippen LogP contribution in [-0.4, -0.2) is 85.2 Å². The van der Waals surface area contributed by atoms with Crippen molar-refractivity contribution in [3.8, 4) is 24.7 Å². The number of anilines is 2. The molecule has 4 rings (SSSR count). The minimum atomic E-state index is 0.809. The van der Waals surface area contributed by atoms with Gasteiger partial charge in [-0.05, 0) is 12.1 Å². The van der Waals surface area contributed by atoms with Crippen LogP contribution in [0.5, 0.6) is 0 Å². The second-order valence-corrected chi connectivity index (χ2v) is 7.93. The van der Waals surface area contributed by atoms with Crippen molar-refractivity contribution in [1.82, 2.24) is 19.8 Å². The van der Waals surface area contributed by atoms with E-state index < -0.39 is 0 Å². The molecule has 2 aliphatic heterocycles. The summed E-state index contributed by atoms with van der Waals surface area (Å²) >= 11 is 0. The van der Waals surface area contributed by atoms with Gasteiger partial charge in [-0.1, -0.05) is 12.1 Å². The van der Waals surface area contributed by atoms with E-state index in [4.69, 9.17) is 22.8 Å². The highest BCUT2D eigenvalue weighted by atomic mass is 15.3. The van der Waals surface area contributed by atoms with Crippen LogP contribution < -0.4 is 9.80 Å². The fourth-order valence-corrected chi connectivity index (χ4v) is 4.23. The Balaban J connectivity index is 1.51. The van der Waals surface area contributed by atoms with Crippen molar-refractivity contribution < 1.29 is 0 Å². The van der Waals surface area contributed by atoms with Crippen LogP contribution in [0.4, 0.5) is 11.8 Å².